The van der Waals surface area contributed by atoms with Gasteiger partial charge >= 0.3 is 0 Å². The van der Waals surface area contributed by atoms with Crippen LogP contribution < -0.4 is 11.1 Å². The van der Waals surface area contributed by atoms with Crippen molar-refractivity contribution in [3.05, 3.63) is 0 Å². The van der Waals surface area contributed by atoms with Crippen LogP contribution in [0.3, 0.4) is 0 Å². The normalized spacial score (nSPS) is 19.8. The number of hydrogen-bond acceptors (Lipinski definition) is 3. The molecule has 0 aliphatic heterocycles. The third kappa shape index (κ3) is 2.95. The highest BCUT2D eigenvalue weighted by Crippen LogP contribution is 2.37. The van der Waals surface area contributed by atoms with E-state index in [2.05, 4.69) is 5.32 Å². The van der Waals surface area contributed by atoms with Gasteiger partial charge < -0.3 is 16.2 Å². The van der Waals surface area contributed by atoms with Crippen molar-refractivity contribution in [3.8, 4) is 0 Å². The number of aliphatic hydroxyl groups is 1. The second-order valence-corrected chi connectivity index (χ2v) is 5.50. The van der Waals surface area contributed by atoms with Gasteiger partial charge in [-0.1, -0.05) is 12.8 Å². The van der Waals surface area contributed by atoms with Crippen LogP contribution >= 0.6 is 0 Å². The Hall–Kier alpha value is -0.610. The predicted molar refractivity (Wildman–Crippen MR) is 63.9 cm³/mol. The van der Waals surface area contributed by atoms with Crippen molar-refractivity contribution in [1.82, 2.24) is 5.32 Å². The molecule has 0 atom stereocenters. The monoisotopic (exact) mass is 228 g/mol. The molecule has 4 N–H and O–H groups in total. The molecule has 1 fully saturated rings. The molecular formula is C12H24N2O2. The Balaban J connectivity index is 2.63. The Morgan fingerprint density at radius 3 is 2.44 bits per heavy atom. The number of carbonyl (C=O) groups is 1. The lowest BCUT2D eigenvalue weighted by molar-refractivity contribution is -0.132. The second kappa shape index (κ2) is 5.15. The minimum atomic E-state index is -0.354. The first-order valence-corrected chi connectivity index (χ1v) is 6.09. The van der Waals surface area contributed by atoms with Gasteiger partial charge in [0, 0.05) is 18.7 Å². The van der Waals surface area contributed by atoms with E-state index in [0.29, 0.717) is 13.0 Å². The summed E-state index contributed by atoms with van der Waals surface area (Å²) < 4.78 is 0. The lowest BCUT2D eigenvalue weighted by atomic mass is 9.84. The summed E-state index contributed by atoms with van der Waals surface area (Å²) in [6, 6.07) is 0. The Bertz CT molecular complexity index is 245. The Morgan fingerprint density at radius 2 is 2.00 bits per heavy atom. The van der Waals surface area contributed by atoms with Crippen LogP contribution in [0.4, 0.5) is 0 Å². The van der Waals surface area contributed by atoms with Crippen LogP contribution in [-0.4, -0.2) is 29.7 Å². The number of aliphatic hydroxyl groups excluding tert-OH is 1. The molecular weight excluding hydrogens is 204 g/mol. The smallest absolute Gasteiger partial charge is 0.227 e. The molecule has 0 bridgehead atoms. The fourth-order valence-corrected chi connectivity index (χ4v) is 2.36. The number of rotatable bonds is 5. The van der Waals surface area contributed by atoms with Gasteiger partial charge in [0.25, 0.3) is 0 Å². The molecule has 0 unspecified atom stereocenters. The molecule has 1 aliphatic rings. The van der Waals surface area contributed by atoms with Gasteiger partial charge in [-0.15, -0.1) is 0 Å². The van der Waals surface area contributed by atoms with E-state index in [1.54, 1.807) is 0 Å². The van der Waals surface area contributed by atoms with Gasteiger partial charge in [0.15, 0.2) is 0 Å². The molecule has 4 nitrogen and oxygen atoms in total. The first-order chi connectivity index (χ1) is 7.46. The molecule has 0 saturated heterocycles. The zero-order chi connectivity index (χ0) is 12.2. The highest BCUT2D eigenvalue weighted by molar-refractivity contribution is 5.83. The number of nitrogens with two attached hydrogens (primary N) is 1. The molecule has 4 heteroatoms. The van der Waals surface area contributed by atoms with Crippen molar-refractivity contribution in [2.75, 3.05) is 13.2 Å². The molecule has 94 valence electrons. The first-order valence-electron chi connectivity index (χ1n) is 6.09. The van der Waals surface area contributed by atoms with Crippen molar-refractivity contribution in [2.24, 2.45) is 11.1 Å². The SMILES string of the molecule is CC(C)(CCO)NC(=O)C1(CN)CCCC1. The van der Waals surface area contributed by atoms with Crippen molar-refractivity contribution in [1.29, 1.82) is 0 Å². The summed E-state index contributed by atoms with van der Waals surface area (Å²) >= 11 is 0. The van der Waals surface area contributed by atoms with E-state index < -0.39 is 0 Å². The van der Waals surface area contributed by atoms with Crippen LogP contribution in [0.25, 0.3) is 0 Å². The molecule has 1 rings (SSSR count). The Labute approximate surface area is 97.6 Å². The Morgan fingerprint density at radius 1 is 1.44 bits per heavy atom. The maximum atomic E-state index is 12.2. The van der Waals surface area contributed by atoms with Crippen LogP contribution in [-0.2, 0) is 4.79 Å². The standard InChI is InChI=1S/C12H24N2O2/c1-11(2,7-8-15)14-10(16)12(9-13)5-3-4-6-12/h15H,3-9,13H2,1-2H3,(H,14,16). The molecule has 1 saturated carbocycles. The molecule has 0 spiro atoms. The molecule has 0 aromatic heterocycles. The van der Waals surface area contributed by atoms with E-state index in [1.807, 2.05) is 13.8 Å². The van der Waals surface area contributed by atoms with E-state index in [0.717, 1.165) is 25.7 Å². The minimum Gasteiger partial charge on any atom is -0.396 e. The van der Waals surface area contributed by atoms with E-state index in [4.69, 9.17) is 10.8 Å². The average molecular weight is 228 g/mol. The van der Waals surface area contributed by atoms with Crippen LogP contribution in [0.5, 0.6) is 0 Å². The number of carbonyl (C=O) groups excluding carboxylic acids is 1. The molecule has 1 amide bonds. The second-order valence-electron chi connectivity index (χ2n) is 5.50. The van der Waals surface area contributed by atoms with Gasteiger partial charge in [0.05, 0.1) is 5.41 Å². The predicted octanol–water partition coefficient (Wildman–Crippen LogP) is 0.783. The van der Waals surface area contributed by atoms with Crippen LogP contribution in [0.15, 0.2) is 0 Å². The summed E-state index contributed by atoms with van der Waals surface area (Å²) in [5.74, 6) is 0.0611. The van der Waals surface area contributed by atoms with Gasteiger partial charge in [0.1, 0.15) is 0 Å². The van der Waals surface area contributed by atoms with Crippen LogP contribution in [0.2, 0.25) is 0 Å². The fourth-order valence-electron chi connectivity index (χ4n) is 2.36. The minimum absolute atomic E-state index is 0.0611. The maximum Gasteiger partial charge on any atom is 0.227 e. The van der Waals surface area contributed by atoms with E-state index in [-0.39, 0.29) is 23.5 Å². The first kappa shape index (κ1) is 13.5. The van der Waals surface area contributed by atoms with E-state index in [9.17, 15) is 4.79 Å². The number of nitrogens with one attached hydrogen (secondary N) is 1. The molecule has 0 aromatic rings. The highest BCUT2D eigenvalue weighted by atomic mass is 16.3. The van der Waals surface area contributed by atoms with Crippen molar-refractivity contribution < 1.29 is 9.90 Å². The third-order valence-corrected chi connectivity index (χ3v) is 3.62. The fraction of sp³-hybridized carbons (Fsp3) is 0.917. The lowest BCUT2D eigenvalue weighted by Crippen LogP contribution is -2.52. The third-order valence-electron chi connectivity index (χ3n) is 3.62. The summed E-state index contributed by atoms with van der Waals surface area (Å²) in [6.45, 7) is 4.37. The quantitative estimate of drug-likeness (QED) is 0.651. The molecule has 16 heavy (non-hydrogen) atoms. The lowest BCUT2D eigenvalue weighted by Gasteiger charge is -2.33. The number of amides is 1. The summed E-state index contributed by atoms with van der Waals surface area (Å²) in [4.78, 5) is 12.2. The van der Waals surface area contributed by atoms with Gasteiger partial charge in [0.2, 0.25) is 5.91 Å². The summed E-state index contributed by atoms with van der Waals surface area (Å²) in [5, 5.41) is 11.9. The van der Waals surface area contributed by atoms with Gasteiger partial charge in [-0.25, -0.2) is 0 Å². The van der Waals surface area contributed by atoms with Crippen LogP contribution in [0.1, 0.15) is 46.0 Å². The van der Waals surface area contributed by atoms with Crippen molar-refractivity contribution in [3.63, 3.8) is 0 Å². The van der Waals surface area contributed by atoms with Crippen molar-refractivity contribution >= 4 is 5.91 Å². The molecule has 1 aliphatic carbocycles. The van der Waals surface area contributed by atoms with Gasteiger partial charge in [-0.3, -0.25) is 4.79 Å². The van der Waals surface area contributed by atoms with Crippen molar-refractivity contribution in [2.45, 2.75) is 51.5 Å². The van der Waals surface area contributed by atoms with E-state index >= 15 is 0 Å². The number of hydrogen-bond donors (Lipinski definition) is 3. The van der Waals surface area contributed by atoms with E-state index in [1.165, 1.54) is 0 Å². The zero-order valence-corrected chi connectivity index (χ0v) is 10.4. The van der Waals surface area contributed by atoms with Crippen LogP contribution in [0, 0.1) is 5.41 Å². The Kier molecular flexibility index (Phi) is 4.33. The molecule has 0 aromatic carbocycles. The molecule has 0 radical (unpaired) electrons. The summed E-state index contributed by atoms with van der Waals surface area (Å²) in [6.07, 6.45) is 4.53. The average Bonchev–Trinajstić information content (AvgIpc) is 2.66. The van der Waals surface area contributed by atoms with Gasteiger partial charge in [-0.05, 0) is 33.1 Å². The largest absolute Gasteiger partial charge is 0.396 e. The summed E-state index contributed by atoms with van der Waals surface area (Å²) in [7, 11) is 0. The zero-order valence-electron chi connectivity index (χ0n) is 10.4. The maximum absolute atomic E-state index is 12.2. The highest BCUT2D eigenvalue weighted by Gasteiger charge is 2.41. The molecule has 0 heterocycles. The topological polar surface area (TPSA) is 75.3 Å². The van der Waals surface area contributed by atoms with Gasteiger partial charge in [-0.2, -0.15) is 0 Å². The summed E-state index contributed by atoms with van der Waals surface area (Å²) in [5.41, 5.74) is 5.05.